The van der Waals surface area contributed by atoms with Gasteiger partial charge in [-0.2, -0.15) is 0 Å². The number of nitrogens with zero attached hydrogens (tertiary/aromatic N) is 1. The van der Waals surface area contributed by atoms with E-state index < -0.39 is 0 Å². The van der Waals surface area contributed by atoms with Crippen LogP contribution < -0.4 is 10.6 Å². The lowest BCUT2D eigenvalue weighted by Gasteiger charge is -2.22. The van der Waals surface area contributed by atoms with E-state index in [0.717, 1.165) is 5.69 Å². The Morgan fingerprint density at radius 1 is 1.60 bits per heavy atom. The molecular weight excluding hydrogens is 191 g/mol. The van der Waals surface area contributed by atoms with Gasteiger partial charge < -0.3 is 10.6 Å². The van der Waals surface area contributed by atoms with E-state index in [2.05, 4.69) is 5.92 Å². The van der Waals surface area contributed by atoms with Gasteiger partial charge in [0.2, 0.25) is 0 Å². The Labute approximate surface area is 89.9 Å². The maximum Gasteiger partial charge on any atom is 0.130 e. The molecule has 1 rings (SSSR count). The van der Waals surface area contributed by atoms with Gasteiger partial charge in [0, 0.05) is 24.3 Å². The summed E-state index contributed by atoms with van der Waals surface area (Å²) in [4.78, 5) is 1.81. The van der Waals surface area contributed by atoms with Crippen molar-refractivity contribution in [2.45, 2.75) is 13.0 Å². The molecule has 80 valence electrons. The fraction of sp³-hybridized carbons (Fsp3) is 0.333. The number of nitrogens with two attached hydrogens (primary N) is 1. The predicted molar refractivity (Wildman–Crippen MR) is 61.1 cm³/mol. The van der Waals surface area contributed by atoms with Gasteiger partial charge in [0.05, 0.1) is 6.54 Å². The number of hydrogen-bond acceptors (Lipinski definition) is 2. The second kappa shape index (κ2) is 4.81. The normalized spacial score (nSPS) is 11.9. The third-order valence-electron chi connectivity index (χ3n) is 2.22. The minimum absolute atomic E-state index is 0.286. The highest BCUT2D eigenvalue weighted by Gasteiger charge is 2.14. The number of terminal acetylenes is 1. The molecule has 0 saturated carbocycles. The quantitative estimate of drug-likeness (QED) is 0.765. The van der Waals surface area contributed by atoms with Crippen LogP contribution in [0.2, 0.25) is 0 Å². The minimum atomic E-state index is -0.346. The smallest absolute Gasteiger partial charge is 0.130 e. The first-order valence-corrected chi connectivity index (χ1v) is 4.76. The summed E-state index contributed by atoms with van der Waals surface area (Å²) in [6.07, 6.45) is 5.21. The van der Waals surface area contributed by atoms with E-state index in [0.29, 0.717) is 12.1 Å². The molecule has 0 saturated heterocycles. The summed E-state index contributed by atoms with van der Waals surface area (Å²) in [6.45, 7) is 2.19. The zero-order valence-corrected chi connectivity index (χ0v) is 9.00. The summed E-state index contributed by atoms with van der Waals surface area (Å²) >= 11 is 0. The van der Waals surface area contributed by atoms with Crippen LogP contribution in [0.15, 0.2) is 18.2 Å². The first kappa shape index (κ1) is 11.5. The molecule has 15 heavy (non-hydrogen) atoms. The fourth-order valence-electron chi connectivity index (χ4n) is 1.53. The molecule has 0 aromatic heterocycles. The van der Waals surface area contributed by atoms with Crippen LogP contribution >= 0.6 is 0 Å². The molecule has 2 N–H and O–H groups in total. The zero-order valence-electron chi connectivity index (χ0n) is 9.00. The predicted octanol–water partition coefficient (Wildman–Crippen LogP) is 1.91. The van der Waals surface area contributed by atoms with Crippen LogP contribution in [0.25, 0.3) is 0 Å². The molecule has 0 unspecified atom stereocenters. The Morgan fingerprint density at radius 2 is 2.27 bits per heavy atom. The van der Waals surface area contributed by atoms with Crippen LogP contribution in [-0.4, -0.2) is 13.6 Å². The summed E-state index contributed by atoms with van der Waals surface area (Å²) in [7, 11) is 1.82. The van der Waals surface area contributed by atoms with Gasteiger partial charge in [0.15, 0.2) is 0 Å². The van der Waals surface area contributed by atoms with Gasteiger partial charge in [-0.1, -0.05) is 12.0 Å². The molecule has 0 fully saturated rings. The van der Waals surface area contributed by atoms with Crippen LogP contribution in [0.3, 0.4) is 0 Å². The summed E-state index contributed by atoms with van der Waals surface area (Å²) in [5.41, 5.74) is 6.99. The molecule has 2 nitrogen and oxygen atoms in total. The number of anilines is 1. The summed E-state index contributed by atoms with van der Waals surface area (Å²) in [5, 5.41) is 0. The average molecular weight is 206 g/mol. The molecule has 0 spiro atoms. The Bertz CT molecular complexity index is 380. The van der Waals surface area contributed by atoms with Gasteiger partial charge in [-0.25, -0.2) is 4.39 Å². The Balaban J connectivity index is 3.17. The number of hydrogen-bond donors (Lipinski definition) is 1. The van der Waals surface area contributed by atoms with Gasteiger partial charge in [-0.15, -0.1) is 6.42 Å². The van der Waals surface area contributed by atoms with E-state index in [4.69, 9.17) is 12.2 Å². The van der Waals surface area contributed by atoms with Crippen molar-refractivity contribution in [2.24, 2.45) is 5.73 Å². The van der Waals surface area contributed by atoms with E-state index in [9.17, 15) is 4.39 Å². The SMILES string of the molecule is C#CCN(C)c1cccc(F)c1[C@@H](C)N. The Kier molecular flexibility index (Phi) is 3.70. The first-order chi connectivity index (χ1) is 7.07. The lowest BCUT2D eigenvalue weighted by molar-refractivity contribution is 0.593. The summed E-state index contributed by atoms with van der Waals surface area (Å²) in [6, 6.07) is 4.54. The summed E-state index contributed by atoms with van der Waals surface area (Å²) in [5.74, 6) is 2.23. The van der Waals surface area contributed by atoms with E-state index in [1.165, 1.54) is 6.07 Å². The van der Waals surface area contributed by atoms with Crippen molar-refractivity contribution in [3.05, 3.63) is 29.6 Å². The van der Waals surface area contributed by atoms with Crippen LogP contribution in [0, 0.1) is 18.2 Å². The third-order valence-corrected chi connectivity index (χ3v) is 2.22. The maximum absolute atomic E-state index is 13.5. The highest BCUT2D eigenvalue weighted by molar-refractivity contribution is 5.55. The molecule has 0 aliphatic rings. The lowest BCUT2D eigenvalue weighted by atomic mass is 10.1. The summed E-state index contributed by atoms with van der Waals surface area (Å²) < 4.78 is 13.5. The van der Waals surface area contributed by atoms with Crippen molar-refractivity contribution in [1.29, 1.82) is 0 Å². The standard InChI is InChI=1S/C12H15FN2/c1-4-8-15(3)11-7-5-6-10(13)12(11)9(2)14/h1,5-7,9H,8,14H2,2-3H3/t9-/m1/s1. The third kappa shape index (κ3) is 2.48. The average Bonchev–Trinajstić information content (AvgIpc) is 2.17. The van der Waals surface area contributed by atoms with Crippen LogP contribution in [0.5, 0.6) is 0 Å². The Morgan fingerprint density at radius 3 is 2.80 bits per heavy atom. The van der Waals surface area contributed by atoms with Crippen LogP contribution in [0.4, 0.5) is 10.1 Å². The highest BCUT2D eigenvalue weighted by Crippen LogP contribution is 2.26. The topological polar surface area (TPSA) is 29.3 Å². The van der Waals surface area contributed by atoms with Crippen LogP contribution in [-0.2, 0) is 0 Å². The van der Waals surface area contributed by atoms with Gasteiger partial charge >= 0.3 is 0 Å². The van der Waals surface area contributed by atoms with Gasteiger partial charge in [-0.05, 0) is 19.1 Å². The van der Waals surface area contributed by atoms with Crippen molar-refractivity contribution in [3.63, 3.8) is 0 Å². The van der Waals surface area contributed by atoms with E-state index >= 15 is 0 Å². The highest BCUT2D eigenvalue weighted by atomic mass is 19.1. The molecule has 0 aliphatic carbocycles. The number of benzene rings is 1. The van der Waals surface area contributed by atoms with Gasteiger partial charge in [0.1, 0.15) is 5.82 Å². The minimum Gasteiger partial charge on any atom is -0.363 e. The fourth-order valence-corrected chi connectivity index (χ4v) is 1.53. The van der Waals surface area contributed by atoms with Crippen LogP contribution in [0.1, 0.15) is 18.5 Å². The molecule has 0 radical (unpaired) electrons. The van der Waals surface area contributed by atoms with Crippen molar-refractivity contribution in [1.82, 2.24) is 0 Å². The second-order valence-electron chi connectivity index (χ2n) is 3.52. The molecule has 0 heterocycles. The number of rotatable bonds is 3. The van der Waals surface area contributed by atoms with E-state index in [1.807, 2.05) is 18.0 Å². The largest absolute Gasteiger partial charge is 0.363 e. The van der Waals surface area contributed by atoms with Crippen molar-refractivity contribution in [3.8, 4) is 12.3 Å². The van der Waals surface area contributed by atoms with Crippen molar-refractivity contribution < 1.29 is 4.39 Å². The molecule has 0 aliphatic heterocycles. The van der Waals surface area contributed by atoms with Crippen molar-refractivity contribution in [2.75, 3.05) is 18.5 Å². The molecule has 1 aromatic carbocycles. The molecule has 0 amide bonds. The molecule has 1 aromatic rings. The van der Waals surface area contributed by atoms with E-state index in [1.54, 1.807) is 13.0 Å². The second-order valence-corrected chi connectivity index (χ2v) is 3.52. The van der Waals surface area contributed by atoms with Gasteiger partial charge in [0.25, 0.3) is 0 Å². The first-order valence-electron chi connectivity index (χ1n) is 4.76. The zero-order chi connectivity index (χ0) is 11.4. The monoisotopic (exact) mass is 206 g/mol. The maximum atomic E-state index is 13.5. The van der Waals surface area contributed by atoms with E-state index in [-0.39, 0.29) is 11.9 Å². The number of halogens is 1. The van der Waals surface area contributed by atoms with Crippen molar-refractivity contribution >= 4 is 5.69 Å². The molecule has 0 bridgehead atoms. The molecule has 3 heteroatoms. The lowest BCUT2D eigenvalue weighted by Crippen LogP contribution is -2.21. The van der Waals surface area contributed by atoms with Gasteiger partial charge in [-0.3, -0.25) is 0 Å². The molecular formula is C12H15FN2. The molecule has 1 atom stereocenters. The Hall–Kier alpha value is -1.53.